The Morgan fingerprint density at radius 3 is 2.32 bits per heavy atom. The molecule has 1 amide bonds. The molecule has 152 valence electrons. The topological polar surface area (TPSA) is 93.7 Å². The molecule has 2 N–H and O–H groups in total. The van der Waals surface area contributed by atoms with Crippen molar-refractivity contribution < 1.29 is 27.1 Å². The zero-order chi connectivity index (χ0) is 20.4. The summed E-state index contributed by atoms with van der Waals surface area (Å²) >= 11 is 0. The van der Waals surface area contributed by atoms with Crippen molar-refractivity contribution in [3.05, 3.63) is 59.9 Å². The molecule has 0 unspecified atom stereocenters. The van der Waals surface area contributed by atoms with E-state index in [0.29, 0.717) is 30.9 Å². The van der Waals surface area contributed by atoms with Crippen LogP contribution in [0.15, 0.2) is 53.4 Å². The van der Waals surface area contributed by atoms with Crippen molar-refractivity contribution in [2.45, 2.75) is 11.3 Å². The number of ether oxygens (including phenoxy) is 2. The van der Waals surface area contributed by atoms with E-state index < -0.39 is 10.0 Å². The van der Waals surface area contributed by atoms with Crippen LogP contribution in [-0.2, 0) is 14.8 Å². The summed E-state index contributed by atoms with van der Waals surface area (Å²) in [5.41, 5.74) is 0.357. The average molecular weight is 410 g/mol. The summed E-state index contributed by atoms with van der Waals surface area (Å²) in [6, 6.07) is 11.4. The first-order valence-electron chi connectivity index (χ1n) is 8.67. The minimum atomic E-state index is -3.63. The summed E-state index contributed by atoms with van der Waals surface area (Å²) in [7, 11) is -2.15. The number of halogens is 1. The minimum Gasteiger partial charge on any atom is -0.494 e. The zero-order valence-corrected chi connectivity index (χ0v) is 16.3. The van der Waals surface area contributed by atoms with Gasteiger partial charge in [0, 0.05) is 25.8 Å². The van der Waals surface area contributed by atoms with Crippen molar-refractivity contribution in [1.82, 2.24) is 10.0 Å². The summed E-state index contributed by atoms with van der Waals surface area (Å²) in [5.74, 6) is -0.0779. The number of amides is 1. The van der Waals surface area contributed by atoms with E-state index in [9.17, 15) is 17.6 Å². The fourth-order valence-electron chi connectivity index (χ4n) is 2.24. The fraction of sp³-hybridized carbons (Fsp3) is 0.316. The van der Waals surface area contributed by atoms with Crippen LogP contribution < -0.4 is 14.8 Å². The highest BCUT2D eigenvalue weighted by Crippen LogP contribution is 2.12. The molecule has 2 aromatic rings. The molecular formula is C19H23FN2O5S. The third-order valence-electron chi connectivity index (χ3n) is 3.71. The number of sulfonamides is 1. The van der Waals surface area contributed by atoms with E-state index in [-0.39, 0.29) is 29.8 Å². The summed E-state index contributed by atoms with van der Waals surface area (Å²) < 4.78 is 49.6. The van der Waals surface area contributed by atoms with E-state index in [1.54, 1.807) is 0 Å². The minimum absolute atomic E-state index is 0.0767. The lowest BCUT2D eigenvalue weighted by atomic mass is 10.2. The standard InChI is InChI=1S/C19H23FN2O5S/c1-26-14-12-22-28(24,25)18-9-3-15(4-10-18)19(23)21-11-2-13-27-17-7-5-16(20)6-8-17/h3-10,22H,2,11-14H2,1H3,(H,21,23). The van der Waals surface area contributed by atoms with Crippen molar-refractivity contribution in [3.63, 3.8) is 0 Å². The van der Waals surface area contributed by atoms with Gasteiger partial charge in [0.25, 0.3) is 5.91 Å². The molecule has 0 aliphatic heterocycles. The monoisotopic (exact) mass is 410 g/mol. The van der Waals surface area contributed by atoms with Gasteiger partial charge in [-0.15, -0.1) is 0 Å². The number of nitrogens with one attached hydrogen (secondary N) is 2. The molecule has 0 atom stereocenters. The Morgan fingerprint density at radius 1 is 1.00 bits per heavy atom. The summed E-state index contributed by atoms with van der Waals surface area (Å²) in [5, 5.41) is 2.73. The Hall–Kier alpha value is -2.49. The quantitative estimate of drug-likeness (QED) is 0.553. The van der Waals surface area contributed by atoms with Gasteiger partial charge in [-0.2, -0.15) is 0 Å². The second-order valence-corrected chi connectivity index (χ2v) is 7.59. The summed E-state index contributed by atoms with van der Waals surface area (Å²) in [6.45, 7) is 1.19. The second-order valence-electron chi connectivity index (χ2n) is 5.83. The lowest BCUT2D eigenvalue weighted by Crippen LogP contribution is -2.28. The van der Waals surface area contributed by atoms with Crippen LogP contribution in [0.1, 0.15) is 16.8 Å². The van der Waals surface area contributed by atoms with Gasteiger partial charge in [0.2, 0.25) is 10.0 Å². The van der Waals surface area contributed by atoms with Crippen molar-refractivity contribution in [2.75, 3.05) is 33.4 Å². The molecule has 0 heterocycles. The Kier molecular flexibility index (Phi) is 8.37. The van der Waals surface area contributed by atoms with Gasteiger partial charge in [-0.3, -0.25) is 4.79 Å². The number of methoxy groups -OCH3 is 1. The summed E-state index contributed by atoms with van der Waals surface area (Å²) in [6.07, 6.45) is 0.568. The van der Waals surface area contributed by atoms with Gasteiger partial charge in [-0.25, -0.2) is 17.5 Å². The molecule has 0 saturated heterocycles. The Bertz CT molecular complexity index is 855. The normalized spacial score (nSPS) is 11.2. The smallest absolute Gasteiger partial charge is 0.251 e. The van der Waals surface area contributed by atoms with Crippen LogP contribution in [-0.4, -0.2) is 47.7 Å². The molecular weight excluding hydrogens is 387 g/mol. The number of hydrogen-bond donors (Lipinski definition) is 2. The molecule has 0 radical (unpaired) electrons. The van der Waals surface area contributed by atoms with Crippen LogP contribution in [0.4, 0.5) is 4.39 Å². The molecule has 0 aliphatic carbocycles. The van der Waals surface area contributed by atoms with Crippen LogP contribution >= 0.6 is 0 Å². The molecule has 9 heteroatoms. The van der Waals surface area contributed by atoms with Crippen LogP contribution in [0.5, 0.6) is 5.75 Å². The molecule has 0 aliphatic rings. The lowest BCUT2D eigenvalue weighted by Gasteiger charge is -2.09. The van der Waals surface area contributed by atoms with E-state index in [1.807, 2.05) is 0 Å². The first kappa shape index (κ1) is 21.8. The van der Waals surface area contributed by atoms with Gasteiger partial charge in [0.1, 0.15) is 11.6 Å². The van der Waals surface area contributed by atoms with Crippen molar-refractivity contribution in [3.8, 4) is 5.75 Å². The van der Waals surface area contributed by atoms with Crippen molar-refractivity contribution in [1.29, 1.82) is 0 Å². The number of benzene rings is 2. The van der Waals surface area contributed by atoms with Crippen LogP contribution in [0.2, 0.25) is 0 Å². The molecule has 0 fully saturated rings. The lowest BCUT2D eigenvalue weighted by molar-refractivity contribution is 0.0951. The van der Waals surface area contributed by atoms with E-state index in [1.165, 1.54) is 55.6 Å². The Morgan fingerprint density at radius 2 is 1.68 bits per heavy atom. The highest BCUT2D eigenvalue weighted by atomic mass is 32.2. The van der Waals surface area contributed by atoms with Gasteiger partial charge < -0.3 is 14.8 Å². The van der Waals surface area contributed by atoms with Crippen molar-refractivity contribution in [2.24, 2.45) is 0 Å². The number of carbonyl (C=O) groups excluding carboxylic acids is 1. The Labute approximate surface area is 163 Å². The number of rotatable bonds is 11. The van der Waals surface area contributed by atoms with Crippen LogP contribution in [0.25, 0.3) is 0 Å². The predicted octanol–water partition coefficient (Wildman–Crippen LogP) is 1.95. The van der Waals surface area contributed by atoms with E-state index in [0.717, 1.165) is 0 Å². The van der Waals surface area contributed by atoms with Gasteiger partial charge in [-0.1, -0.05) is 0 Å². The predicted molar refractivity (Wildman–Crippen MR) is 102 cm³/mol. The van der Waals surface area contributed by atoms with Gasteiger partial charge in [0.05, 0.1) is 18.1 Å². The molecule has 0 aromatic heterocycles. The molecule has 2 aromatic carbocycles. The van der Waals surface area contributed by atoms with Gasteiger partial charge >= 0.3 is 0 Å². The van der Waals surface area contributed by atoms with Crippen LogP contribution in [0.3, 0.4) is 0 Å². The maximum atomic E-state index is 12.8. The first-order valence-corrected chi connectivity index (χ1v) is 10.2. The third kappa shape index (κ3) is 6.91. The average Bonchev–Trinajstić information content (AvgIpc) is 2.69. The maximum Gasteiger partial charge on any atom is 0.251 e. The molecule has 0 saturated carbocycles. The molecule has 2 rings (SSSR count). The van der Waals surface area contributed by atoms with Crippen molar-refractivity contribution >= 4 is 15.9 Å². The number of carbonyl (C=O) groups is 1. The molecule has 0 spiro atoms. The molecule has 28 heavy (non-hydrogen) atoms. The van der Waals surface area contributed by atoms with E-state index in [4.69, 9.17) is 9.47 Å². The fourth-order valence-corrected chi connectivity index (χ4v) is 3.26. The third-order valence-corrected chi connectivity index (χ3v) is 5.19. The van der Waals surface area contributed by atoms with E-state index in [2.05, 4.69) is 10.0 Å². The second kappa shape index (κ2) is 10.7. The SMILES string of the molecule is COCCNS(=O)(=O)c1ccc(C(=O)NCCCOc2ccc(F)cc2)cc1. The van der Waals surface area contributed by atoms with Gasteiger partial charge in [-0.05, 0) is 55.0 Å². The Balaban J connectivity index is 1.75. The molecule has 0 bridgehead atoms. The maximum absolute atomic E-state index is 12.8. The number of hydrogen-bond acceptors (Lipinski definition) is 5. The largest absolute Gasteiger partial charge is 0.494 e. The first-order chi connectivity index (χ1) is 13.4. The zero-order valence-electron chi connectivity index (χ0n) is 15.5. The van der Waals surface area contributed by atoms with Gasteiger partial charge in [0.15, 0.2) is 0 Å². The van der Waals surface area contributed by atoms with Crippen LogP contribution in [0, 0.1) is 5.82 Å². The summed E-state index contributed by atoms with van der Waals surface area (Å²) in [4.78, 5) is 12.2. The highest BCUT2D eigenvalue weighted by molar-refractivity contribution is 7.89. The highest BCUT2D eigenvalue weighted by Gasteiger charge is 2.14. The van der Waals surface area contributed by atoms with E-state index >= 15 is 0 Å². The molecule has 7 nitrogen and oxygen atoms in total.